The fourth-order valence-electron chi connectivity index (χ4n) is 1.59. The molecule has 1 rings (SSSR count). The standard InChI is InChI=1S/C9H18FNO/c1-7(2)11-5-3-8(10)9(12)4-6-11/h7-9,12H,3-6H2,1-2H3/t8-,9+/m0/s1. The van der Waals surface area contributed by atoms with Crippen LogP contribution in [0.5, 0.6) is 0 Å². The molecule has 1 saturated heterocycles. The molecule has 0 bridgehead atoms. The van der Waals surface area contributed by atoms with Crippen molar-refractivity contribution >= 4 is 0 Å². The van der Waals surface area contributed by atoms with Gasteiger partial charge in [0.1, 0.15) is 6.17 Å². The van der Waals surface area contributed by atoms with Crippen molar-refractivity contribution in [3.8, 4) is 0 Å². The topological polar surface area (TPSA) is 23.5 Å². The van der Waals surface area contributed by atoms with Gasteiger partial charge in [-0.05, 0) is 26.7 Å². The maximum Gasteiger partial charge on any atom is 0.127 e. The normalized spacial score (nSPS) is 33.8. The number of likely N-dealkylation sites (tertiary alicyclic amines) is 1. The van der Waals surface area contributed by atoms with Gasteiger partial charge in [-0.2, -0.15) is 0 Å². The summed E-state index contributed by atoms with van der Waals surface area (Å²) in [5.41, 5.74) is 0. The zero-order valence-corrected chi connectivity index (χ0v) is 7.83. The van der Waals surface area contributed by atoms with Crippen LogP contribution in [-0.4, -0.2) is 41.4 Å². The van der Waals surface area contributed by atoms with Crippen molar-refractivity contribution in [2.45, 2.75) is 45.0 Å². The minimum absolute atomic E-state index is 0.461. The van der Waals surface area contributed by atoms with E-state index in [-0.39, 0.29) is 0 Å². The van der Waals surface area contributed by atoms with Gasteiger partial charge in [-0.1, -0.05) is 0 Å². The Kier molecular flexibility index (Phi) is 3.47. The summed E-state index contributed by atoms with van der Waals surface area (Å²) >= 11 is 0. The average Bonchev–Trinajstić information content (AvgIpc) is 2.16. The highest BCUT2D eigenvalue weighted by atomic mass is 19.1. The van der Waals surface area contributed by atoms with E-state index in [0.717, 1.165) is 13.1 Å². The SMILES string of the molecule is CC(C)N1CC[C@@H](O)[C@@H](F)CC1. The Morgan fingerprint density at radius 2 is 1.92 bits per heavy atom. The molecule has 1 fully saturated rings. The lowest BCUT2D eigenvalue weighted by molar-refractivity contribution is 0.0753. The van der Waals surface area contributed by atoms with Gasteiger partial charge in [0.15, 0.2) is 0 Å². The summed E-state index contributed by atoms with van der Waals surface area (Å²) in [5.74, 6) is 0. The van der Waals surface area contributed by atoms with E-state index < -0.39 is 12.3 Å². The van der Waals surface area contributed by atoms with Gasteiger partial charge in [0.25, 0.3) is 0 Å². The third kappa shape index (κ3) is 2.42. The van der Waals surface area contributed by atoms with Crippen LogP contribution in [0.1, 0.15) is 26.7 Å². The molecule has 0 aromatic heterocycles. The van der Waals surface area contributed by atoms with Crippen LogP contribution in [0.4, 0.5) is 4.39 Å². The van der Waals surface area contributed by atoms with Gasteiger partial charge in [-0.3, -0.25) is 0 Å². The van der Waals surface area contributed by atoms with Crippen molar-refractivity contribution in [2.24, 2.45) is 0 Å². The number of hydrogen-bond acceptors (Lipinski definition) is 2. The van der Waals surface area contributed by atoms with Crippen molar-refractivity contribution < 1.29 is 9.50 Å². The largest absolute Gasteiger partial charge is 0.390 e. The van der Waals surface area contributed by atoms with Crippen LogP contribution in [0.3, 0.4) is 0 Å². The third-order valence-corrected chi connectivity index (χ3v) is 2.55. The van der Waals surface area contributed by atoms with E-state index in [1.54, 1.807) is 0 Å². The van der Waals surface area contributed by atoms with E-state index in [1.807, 2.05) is 0 Å². The Labute approximate surface area is 73.4 Å². The predicted octanol–water partition coefficient (Wildman–Crippen LogP) is 1.19. The van der Waals surface area contributed by atoms with Crippen LogP contribution >= 0.6 is 0 Å². The Hall–Kier alpha value is -0.150. The second-order valence-electron chi connectivity index (χ2n) is 3.79. The summed E-state index contributed by atoms with van der Waals surface area (Å²) in [6.45, 7) is 5.80. The van der Waals surface area contributed by atoms with Gasteiger partial charge >= 0.3 is 0 Å². The number of alkyl halides is 1. The van der Waals surface area contributed by atoms with Gasteiger partial charge < -0.3 is 10.0 Å². The highest BCUT2D eigenvalue weighted by Crippen LogP contribution is 2.16. The van der Waals surface area contributed by atoms with Crippen molar-refractivity contribution in [2.75, 3.05) is 13.1 Å². The number of hydrogen-bond donors (Lipinski definition) is 1. The van der Waals surface area contributed by atoms with Crippen molar-refractivity contribution in [1.29, 1.82) is 0 Å². The van der Waals surface area contributed by atoms with Gasteiger partial charge in [0, 0.05) is 19.1 Å². The highest BCUT2D eigenvalue weighted by Gasteiger charge is 2.24. The molecule has 1 aliphatic rings. The number of nitrogens with zero attached hydrogens (tertiary/aromatic N) is 1. The van der Waals surface area contributed by atoms with Gasteiger partial charge in [-0.25, -0.2) is 4.39 Å². The lowest BCUT2D eigenvalue weighted by atomic mass is 10.1. The van der Waals surface area contributed by atoms with Crippen LogP contribution in [-0.2, 0) is 0 Å². The van der Waals surface area contributed by atoms with E-state index in [1.165, 1.54) is 0 Å². The average molecular weight is 175 g/mol. The van der Waals surface area contributed by atoms with E-state index in [0.29, 0.717) is 18.9 Å². The van der Waals surface area contributed by atoms with Gasteiger partial charge in [-0.15, -0.1) is 0 Å². The first-order valence-corrected chi connectivity index (χ1v) is 4.67. The Morgan fingerprint density at radius 3 is 2.50 bits per heavy atom. The molecular formula is C9H18FNO. The summed E-state index contributed by atoms with van der Waals surface area (Å²) in [6, 6.07) is 0.461. The molecule has 0 aliphatic carbocycles. The van der Waals surface area contributed by atoms with Gasteiger partial charge in [0.05, 0.1) is 6.10 Å². The third-order valence-electron chi connectivity index (χ3n) is 2.55. The van der Waals surface area contributed by atoms with Crippen molar-refractivity contribution in [3.63, 3.8) is 0 Å². The monoisotopic (exact) mass is 175 g/mol. The maximum atomic E-state index is 13.0. The van der Waals surface area contributed by atoms with Crippen LogP contribution in [0.25, 0.3) is 0 Å². The lowest BCUT2D eigenvalue weighted by Crippen LogP contribution is -2.31. The minimum Gasteiger partial charge on any atom is -0.390 e. The Bertz CT molecular complexity index is 128. The first kappa shape index (κ1) is 9.93. The van der Waals surface area contributed by atoms with E-state index in [2.05, 4.69) is 18.7 Å². The Balaban J connectivity index is 2.44. The molecule has 0 aromatic carbocycles. The molecule has 3 heteroatoms. The summed E-state index contributed by atoms with van der Waals surface area (Å²) < 4.78 is 13.0. The minimum atomic E-state index is -1.02. The van der Waals surface area contributed by atoms with E-state index in [9.17, 15) is 9.50 Å². The smallest absolute Gasteiger partial charge is 0.127 e. The maximum absolute atomic E-state index is 13.0. The molecule has 0 aromatic rings. The van der Waals surface area contributed by atoms with Crippen LogP contribution in [0.2, 0.25) is 0 Å². The first-order chi connectivity index (χ1) is 5.61. The zero-order valence-electron chi connectivity index (χ0n) is 7.83. The number of halogens is 1. The summed E-state index contributed by atoms with van der Waals surface area (Å²) in [7, 11) is 0. The first-order valence-electron chi connectivity index (χ1n) is 4.67. The van der Waals surface area contributed by atoms with Crippen LogP contribution < -0.4 is 0 Å². The summed E-state index contributed by atoms with van der Waals surface area (Å²) in [6.07, 6.45) is -0.721. The molecule has 1 heterocycles. The van der Waals surface area contributed by atoms with Crippen LogP contribution in [0.15, 0.2) is 0 Å². The zero-order chi connectivity index (χ0) is 9.14. The van der Waals surface area contributed by atoms with Crippen molar-refractivity contribution in [1.82, 2.24) is 4.90 Å². The van der Waals surface area contributed by atoms with E-state index in [4.69, 9.17) is 0 Å². The molecule has 72 valence electrons. The molecule has 2 nitrogen and oxygen atoms in total. The molecule has 0 unspecified atom stereocenters. The highest BCUT2D eigenvalue weighted by molar-refractivity contribution is 4.77. The second kappa shape index (κ2) is 4.19. The molecular weight excluding hydrogens is 157 g/mol. The number of aliphatic hydroxyl groups excluding tert-OH is 1. The Morgan fingerprint density at radius 1 is 1.33 bits per heavy atom. The second-order valence-corrected chi connectivity index (χ2v) is 3.79. The van der Waals surface area contributed by atoms with Gasteiger partial charge in [0.2, 0.25) is 0 Å². The molecule has 0 spiro atoms. The lowest BCUT2D eigenvalue weighted by Gasteiger charge is -2.23. The van der Waals surface area contributed by atoms with Crippen LogP contribution in [0, 0.1) is 0 Å². The summed E-state index contributed by atoms with van der Waals surface area (Å²) in [4.78, 5) is 2.21. The predicted molar refractivity (Wildman–Crippen MR) is 46.8 cm³/mol. The quantitative estimate of drug-likeness (QED) is 0.647. The fourth-order valence-corrected chi connectivity index (χ4v) is 1.59. The molecule has 0 radical (unpaired) electrons. The number of rotatable bonds is 1. The molecule has 1 N–H and O–H groups in total. The summed E-state index contributed by atoms with van der Waals surface area (Å²) in [5, 5.41) is 9.26. The molecule has 12 heavy (non-hydrogen) atoms. The number of aliphatic hydroxyl groups is 1. The van der Waals surface area contributed by atoms with Crippen molar-refractivity contribution in [3.05, 3.63) is 0 Å². The van der Waals surface area contributed by atoms with E-state index >= 15 is 0 Å². The molecule has 0 saturated carbocycles. The molecule has 1 aliphatic heterocycles. The molecule has 2 atom stereocenters. The molecule has 0 amide bonds. The fraction of sp³-hybridized carbons (Fsp3) is 1.00.